The number of nitrogens with zero attached hydrogens (tertiary/aromatic N) is 2. The number of nitrogens with one attached hydrogen (secondary N) is 1. The van der Waals surface area contributed by atoms with Crippen LogP contribution in [0.15, 0.2) is 18.3 Å². The highest BCUT2D eigenvalue weighted by Gasteiger charge is 2.36. The third kappa shape index (κ3) is 3.23. The molecule has 1 aromatic rings. The van der Waals surface area contributed by atoms with Crippen molar-refractivity contribution in [2.24, 2.45) is 5.92 Å². The molecule has 112 valence electrons. The van der Waals surface area contributed by atoms with Gasteiger partial charge in [-0.25, -0.2) is 4.98 Å². The van der Waals surface area contributed by atoms with E-state index in [0.717, 1.165) is 24.0 Å². The van der Waals surface area contributed by atoms with Crippen molar-refractivity contribution in [3.05, 3.63) is 18.3 Å². The summed E-state index contributed by atoms with van der Waals surface area (Å²) in [5.41, 5.74) is 0.222. The first-order valence-electron chi connectivity index (χ1n) is 7.48. The molecule has 4 nitrogen and oxygen atoms in total. The maximum atomic E-state index is 5.36. The molecule has 1 aromatic heterocycles. The van der Waals surface area contributed by atoms with Crippen LogP contribution in [-0.4, -0.2) is 43.2 Å². The molecule has 4 heteroatoms. The molecule has 0 radical (unpaired) electrons. The molecule has 2 rings (SSSR count). The molecular formula is C16H27N3O. The monoisotopic (exact) mass is 277 g/mol. The van der Waals surface area contributed by atoms with Gasteiger partial charge in [-0.3, -0.25) is 0 Å². The lowest BCUT2D eigenvalue weighted by molar-refractivity contribution is 0.0881. The largest absolute Gasteiger partial charge is 0.493 e. The number of hydrogen-bond acceptors (Lipinski definition) is 4. The summed E-state index contributed by atoms with van der Waals surface area (Å²) >= 11 is 0. The summed E-state index contributed by atoms with van der Waals surface area (Å²) in [6, 6.07) is 3.84. The summed E-state index contributed by atoms with van der Waals surface area (Å²) in [5.74, 6) is 2.44. The van der Waals surface area contributed by atoms with Gasteiger partial charge in [-0.1, -0.05) is 19.8 Å². The zero-order valence-corrected chi connectivity index (χ0v) is 13.1. The molecule has 2 atom stereocenters. The Morgan fingerprint density at radius 1 is 1.50 bits per heavy atom. The molecule has 0 aliphatic heterocycles. The van der Waals surface area contributed by atoms with Gasteiger partial charge < -0.3 is 15.0 Å². The predicted molar refractivity (Wildman–Crippen MR) is 83.3 cm³/mol. The van der Waals surface area contributed by atoms with Gasteiger partial charge in [0.05, 0.1) is 7.11 Å². The molecule has 1 saturated carbocycles. The van der Waals surface area contributed by atoms with E-state index in [-0.39, 0.29) is 5.54 Å². The molecule has 1 aliphatic carbocycles. The Kier molecular flexibility index (Phi) is 4.86. The van der Waals surface area contributed by atoms with Gasteiger partial charge in [0.15, 0.2) is 11.6 Å². The number of ether oxygens (including phenoxy) is 1. The lowest BCUT2D eigenvalue weighted by atomic mass is 9.75. The molecule has 1 N–H and O–H groups in total. The van der Waals surface area contributed by atoms with Crippen molar-refractivity contribution in [1.29, 1.82) is 0 Å². The van der Waals surface area contributed by atoms with E-state index < -0.39 is 0 Å². The number of aromatic nitrogens is 1. The minimum Gasteiger partial charge on any atom is -0.493 e. The smallest absolute Gasteiger partial charge is 0.168 e. The minimum atomic E-state index is 0.222. The predicted octanol–water partition coefficient (Wildman–Crippen LogP) is 3.01. The van der Waals surface area contributed by atoms with Crippen LogP contribution >= 0.6 is 0 Å². The maximum absolute atomic E-state index is 5.36. The van der Waals surface area contributed by atoms with E-state index in [4.69, 9.17) is 4.74 Å². The van der Waals surface area contributed by atoms with Crippen LogP contribution in [0.25, 0.3) is 0 Å². The Balaban J connectivity index is 2.09. The van der Waals surface area contributed by atoms with E-state index in [1.807, 2.05) is 12.1 Å². The van der Waals surface area contributed by atoms with Crippen LogP contribution in [0, 0.1) is 5.92 Å². The van der Waals surface area contributed by atoms with Gasteiger partial charge in [0, 0.05) is 18.3 Å². The van der Waals surface area contributed by atoms with Crippen LogP contribution in [0.2, 0.25) is 0 Å². The fraction of sp³-hybridized carbons (Fsp3) is 0.688. The van der Waals surface area contributed by atoms with Crippen molar-refractivity contribution in [3.63, 3.8) is 0 Å². The summed E-state index contributed by atoms with van der Waals surface area (Å²) in [5, 5.41) is 3.50. The van der Waals surface area contributed by atoms with Crippen molar-refractivity contribution >= 4 is 5.82 Å². The van der Waals surface area contributed by atoms with Crippen LogP contribution in [0.4, 0.5) is 5.82 Å². The van der Waals surface area contributed by atoms with E-state index in [2.05, 4.69) is 36.2 Å². The average molecular weight is 277 g/mol. The van der Waals surface area contributed by atoms with Crippen molar-refractivity contribution < 1.29 is 4.74 Å². The molecular weight excluding hydrogens is 250 g/mol. The zero-order chi connectivity index (χ0) is 14.6. The highest BCUT2D eigenvalue weighted by atomic mass is 16.5. The van der Waals surface area contributed by atoms with Gasteiger partial charge in [-0.2, -0.15) is 0 Å². The first-order chi connectivity index (χ1) is 9.57. The summed E-state index contributed by atoms with van der Waals surface area (Å²) in [7, 11) is 6.07. The van der Waals surface area contributed by atoms with Crippen LogP contribution in [0.1, 0.15) is 32.6 Å². The van der Waals surface area contributed by atoms with Crippen LogP contribution < -0.4 is 10.1 Å². The topological polar surface area (TPSA) is 37.4 Å². The van der Waals surface area contributed by atoms with E-state index >= 15 is 0 Å². The fourth-order valence-corrected chi connectivity index (χ4v) is 3.29. The lowest BCUT2D eigenvalue weighted by Gasteiger charge is -2.45. The van der Waals surface area contributed by atoms with Gasteiger partial charge in [0.2, 0.25) is 0 Å². The van der Waals surface area contributed by atoms with Gasteiger partial charge >= 0.3 is 0 Å². The highest BCUT2D eigenvalue weighted by Crippen LogP contribution is 2.36. The molecule has 0 spiro atoms. The van der Waals surface area contributed by atoms with Crippen molar-refractivity contribution in [3.8, 4) is 5.75 Å². The second-order valence-corrected chi connectivity index (χ2v) is 6.23. The van der Waals surface area contributed by atoms with Gasteiger partial charge in [-0.15, -0.1) is 0 Å². The van der Waals surface area contributed by atoms with E-state index in [1.165, 1.54) is 25.7 Å². The number of hydrogen-bond donors (Lipinski definition) is 1. The molecule has 0 aromatic carbocycles. The minimum absolute atomic E-state index is 0.222. The Bertz CT molecular complexity index is 435. The van der Waals surface area contributed by atoms with Crippen LogP contribution in [0.5, 0.6) is 5.75 Å². The quantitative estimate of drug-likeness (QED) is 0.897. The number of likely N-dealkylation sites (N-methyl/N-ethyl adjacent to an activating group) is 1. The van der Waals surface area contributed by atoms with Crippen molar-refractivity contribution in [1.82, 2.24) is 9.88 Å². The fourth-order valence-electron chi connectivity index (χ4n) is 3.29. The molecule has 1 heterocycles. The summed E-state index contributed by atoms with van der Waals surface area (Å²) in [4.78, 5) is 6.77. The van der Waals surface area contributed by atoms with Crippen LogP contribution in [-0.2, 0) is 0 Å². The van der Waals surface area contributed by atoms with E-state index in [9.17, 15) is 0 Å². The number of pyridine rings is 1. The van der Waals surface area contributed by atoms with E-state index in [1.54, 1.807) is 13.3 Å². The van der Waals surface area contributed by atoms with Crippen molar-refractivity contribution in [2.75, 3.05) is 33.1 Å². The molecule has 20 heavy (non-hydrogen) atoms. The Hall–Kier alpha value is -1.29. The lowest BCUT2D eigenvalue weighted by Crippen LogP contribution is -2.52. The normalized spacial score (nSPS) is 26.6. The second kappa shape index (κ2) is 6.44. The summed E-state index contributed by atoms with van der Waals surface area (Å²) in [6.07, 6.45) is 6.94. The molecule has 1 aliphatic rings. The van der Waals surface area contributed by atoms with E-state index in [0.29, 0.717) is 0 Å². The van der Waals surface area contributed by atoms with Gasteiger partial charge in [0.1, 0.15) is 0 Å². The van der Waals surface area contributed by atoms with Gasteiger partial charge in [0.25, 0.3) is 0 Å². The van der Waals surface area contributed by atoms with Gasteiger partial charge in [-0.05, 0) is 45.0 Å². The molecule has 0 amide bonds. The second-order valence-electron chi connectivity index (χ2n) is 6.23. The molecule has 1 fully saturated rings. The summed E-state index contributed by atoms with van der Waals surface area (Å²) < 4.78 is 5.36. The van der Waals surface area contributed by atoms with Crippen molar-refractivity contribution in [2.45, 2.75) is 38.1 Å². The number of anilines is 1. The Morgan fingerprint density at radius 2 is 2.30 bits per heavy atom. The first-order valence-corrected chi connectivity index (χ1v) is 7.48. The first kappa shape index (κ1) is 15.1. The zero-order valence-electron chi connectivity index (χ0n) is 13.1. The summed E-state index contributed by atoms with van der Waals surface area (Å²) in [6.45, 7) is 3.27. The average Bonchev–Trinajstić information content (AvgIpc) is 2.45. The molecule has 0 bridgehead atoms. The number of rotatable bonds is 5. The number of methoxy groups -OCH3 is 1. The SMILES string of the molecule is COc1cccnc1NCC1(N(C)C)CCCC(C)C1. The standard InChI is InChI=1S/C16H27N3O/c1-13-7-5-9-16(11-13,19(2)3)12-18-15-14(20-4)8-6-10-17-15/h6,8,10,13H,5,7,9,11-12H2,1-4H3,(H,17,18). The molecule has 2 unspecified atom stereocenters. The third-order valence-electron chi connectivity index (χ3n) is 4.59. The van der Waals surface area contributed by atoms with Crippen LogP contribution in [0.3, 0.4) is 0 Å². The Labute approximate surface area is 122 Å². The highest BCUT2D eigenvalue weighted by molar-refractivity contribution is 5.49. The third-order valence-corrected chi connectivity index (χ3v) is 4.59. The maximum Gasteiger partial charge on any atom is 0.168 e. The molecule has 0 saturated heterocycles. The Morgan fingerprint density at radius 3 is 2.95 bits per heavy atom.